The lowest BCUT2D eigenvalue weighted by molar-refractivity contribution is 0.295. The fourth-order valence-corrected chi connectivity index (χ4v) is 2.76. The first-order valence-corrected chi connectivity index (χ1v) is 6.43. The second-order valence-electron chi connectivity index (χ2n) is 4.78. The van der Waals surface area contributed by atoms with Gasteiger partial charge in [0.05, 0.1) is 13.2 Å². The van der Waals surface area contributed by atoms with Crippen molar-refractivity contribution >= 4 is 11.6 Å². The summed E-state index contributed by atoms with van der Waals surface area (Å²) in [4.78, 5) is 0. The Morgan fingerprint density at radius 2 is 2.00 bits per heavy atom. The van der Waals surface area contributed by atoms with Crippen LogP contribution in [0.15, 0.2) is 12.1 Å². The molecule has 0 radical (unpaired) electrons. The molecule has 4 heteroatoms. The van der Waals surface area contributed by atoms with Gasteiger partial charge in [-0.25, -0.2) is 0 Å². The van der Waals surface area contributed by atoms with Crippen molar-refractivity contribution in [3.8, 4) is 11.5 Å². The SMILES string of the molecule is NCC1(c2c(Cl)ccc3c2OCCCO3)CC1. The first kappa shape index (κ1) is 11.2. The van der Waals surface area contributed by atoms with Crippen LogP contribution in [0.5, 0.6) is 11.5 Å². The maximum atomic E-state index is 6.33. The molecule has 1 aliphatic carbocycles. The average molecular weight is 254 g/mol. The summed E-state index contributed by atoms with van der Waals surface area (Å²) in [5.74, 6) is 1.62. The first-order valence-electron chi connectivity index (χ1n) is 6.05. The Morgan fingerprint density at radius 3 is 2.71 bits per heavy atom. The van der Waals surface area contributed by atoms with Crippen molar-refractivity contribution in [3.05, 3.63) is 22.7 Å². The Balaban J connectivity index is 2.12. The molecule has 17 heavy (non-hydrogen) atoms. The van der Waals surface area contributed by atoms with Crippen molar-refractivity contribution in [2.45, 2.75) is 24.7 Å². The zero-order valence-electron chi connectivity index (χ0n) is 9.67. The van der Waals surface area contributed by atoms with E-state index in [2.05, 4.69) is 0 Å². The van der Waals surface area contributed by atoms with Gasteiger partial charge in [0.1, 0.15) is 0 Å². The number of fused-ring (bicyclic) bond motifs is 1. The lowest BCUT2D eigenvalue weighted by Crippen LogP contribution is -2.21. The Labute approximate surface area is 106 Å². The van der Waals surface area contributed by atoms with Crippen LogP contribution in [0.1, 0.15) is 24.8 Å². The highest BCUT2D eigenvalue weighted by Crippen LogP contribution is 2.55. The summed E-state index contributed by atoms with van der Waals surface area (Å²) in [5.41, 5.74) is 6.97. The molecule has 1 saturated carbocycles. The van der Waals surface area contributed by atoms with Crippen LogP contribution in [-0.4, -0.2) is 19.8 Å². The van der Waals surface area contributed by atoms with E-state index in [1.807, 2.05) is 12.1 Å². The number of hydrogen-bond donors (Lipinski definition) is 1. The van der Waals surface area contributed by atoms with E-state index < -0.39 is 0 Å². The molecule has 0 atom stereocenters. The highest BCUT2D eigenvalue weighted by atomic mass is 35.5. The third-order valence-electron chi connectivity index (χ3n) is 3.64. The van der Waals surface area contributed by atoms with Gasteiger partial charge in [0.2, 0.25) is 0 Å². The molecule has 0 amide bonds. The molecule has 3 nitrogen and oxygen atoms in total. The number of nitrogens with two attached hydrogens (primary N) is 1. The van der Waals surface area contributed by atoms with Crippen LogP contribution in [0, 0.1) is 0 Å². The van der Waals surface area contributed by atoms with Gasteiger partial charge in [0.15, 0.2) is 11.5 Å². The molecule has 0 unspecified atom stereocenters. The number of rotatable bonds is 2. The van der Waals surface area contributed by atoms with Crippen molar-refractivity contribution in [1.82, 2.24) is 0 Å². The quantitative estimate of drug-likeness (QED) is 0.881. The van der Waals surface area contributed by atoms with Crippen molar-refractivity contribution in [2.75, 3.05) is 19.8 Å². The van der Waals surface area contributed by atoms with Crippen LogP contribution in [0.2, 0.25) is 5.02 Å². The van der Waals surface area contributed by atoms with Crippen molar-refractivity contribution in [3.63, 3.8) is 0 Å². The average Bonchev–Trinajstić information content (AvgIpc) is 3.12. The zero-order chi connectivity index (χ0) is 11.9. The summed E-state index contributed by atoms with van der Waals surface area (Å²) in [6, 6.07) is 3.78. The Hall–Kier alpha value is -0.930. The summed E-state index contributed by atoms with van der Waals surface area (Å²) < 4.78 is 11.5. The van der Waals surface area contributed by atoms with E-state index >= 15 is 0 Å². The van der Waals surface area contributed by atoms with Gasteiger partial charge in [-0.3, -0.25) is 0 Å². The van der Waals surface area contributed by atoms with E-state index in [0.29, 0.717) is 19.8 Å². The molecule has 2 aliphatic rings. The molecular formula is C13H16ClNO2. The Bertz CT molecular complexity index is 443. The van der Waals surface area contributed by atoms with E-state index in [4.69, 9.17) is 26.8 Å². The van der Waals surface area contributed by atoms with Gasteiger partial charge in [-0.1, -0.05) is 11.6 Å². The van der Waals surface area contributed by atoms with Crippen LogP contribution in [-0.2, 0) is 5.41 Å². The van der Waals surface area contributed by atoms with E-state index in [0.717, 1.165) is 41.3 Å². The third-order valence-corrected chi connectivity index (χ3v) is 3.95. The fraction of sp³-hybridized carbons (Fsp3) is 0.538. The minimum absolute atomic E-state index is 0.0239. The zero-order valence-corrected chi connectivity index (χ0v) is 10.4. The molecule has 0 saturated heterocycles. The molecule has 92 valence electrons. The van der Waals surface area contributed by atoms with Crippen LogP contribution in [0.25, 0.3) is 0 Å². The number of benzene rings is 1. The molecule has 2 N–H and O–H groups in total. The van der Waals surface area contributed by atoms with Gasteiger partial charge in [-0.15, -0.1) is 0 Å². The lowest BCUT2D eigenvalue weighted by atomic mass is 9.94. The number of halogens is 1. The van der Waals surface area contributed by atoms with E-state index in [9.17, 15) is 0 Å². The topological polar surface area (TPSA) is 44.5 Å². The standard InChI is InChI=1S/C13H16ClNO2/c14-9-2-3-10-12(17-7-1-6-16-10)11(9)13(8-15)4-5-13/h2-3H,1,4-8,15H2. The van der Waals surface area contributed by atoms with E-state index in [-0.39, 0.29) is 5.41 Å². The largest absolute Gasteiger partial charge is 0.490 e. The molecule has 1 aliphatic heterocycles. The van der Waals surface area contributed by atoms with Crippen LogP contribution >= 0.6 is 11.6 Å². The Kier molecular flexibility index (Phi) is 2.68. The molecule has 0 spiro atoms. The summed E-state index contributed by atoms with van der Waals surface area (Å²) in [6.45, 7) is 2.00. The normalized spacial score (nSPS) is 20.8. The van der Waals surface area contributed by atoms with E-state index in [1.165, 1.54) is 0 Å². The van der Waals surface area contributed by atoms with Crippen LogP contribution in [0.4, 0.5) is 0 Å². The van der Waals surface area contributed by atoms with Gasteiger partial charge in [-0.05, 0) is 25.0 Å². The van der Waals surface area contributed by atoms with Crippen molar-refractivity contribution < 1.29 is 9.47 Å². The minimum atomic E-state index is 0.0239. The summed E-state index contributed by atoms with van der Waals surface area (Å²) >= 11 is 6.33. The highest BCUT2D eigenvalue weighted by molar-refractivity contribution is 6.31. The predicted molar refractivity (Wildman–Crippen MR) is 67.0 cm³/mol. The minimum Gasteiger partial charge on any atom is -0.490 e. The van der Waals surface area contributed by atoms with Gasteiger partial charge in [-0.2, -0.15) is 0 Å². The summed E-state index contributed by atoms with van der Waals surface area (Å²) in [5, 5.41) is 0.747. The molecule has 3 rings (SSSR count). The van der Waals surface area contributed by atoms with E-state index in [1.54, 1.807) is 0 Å². The maximum Gasteiger partial charge on any atom is 0.166 e. The molecule has 0 bridgehead atoms. The molecule has 1 aromatic rings. The van der Waals surface area contributed by atoms with Gasteiger partial charge >= 0.3 is 0 Å². The second kappa shape index (κ2) is 4.07. The Morgan fingerprint density at radius 1 is 1.24 bits per heavy atom. The molecular weight excluding hydrogens is 238 g/mol. The van der Waals surface area contributed by atoms with Crippen LogP contribution < -0.4 is 15.2 Å². The fourth-order valence-electron chi connectivity index (χ4n) is 2.41. The molecule has 0 aromatic heterocycles. The predicted octanol–water partition coefficient (Wildman–Crippen LogP) is 2.49. The summed E-state index contributed by atoms with van der Waals surface area (Å²) in [6.07, 6.45) is 3.08. The van der Waals surface area contributed by atoms with Gasteiger partial charge in [0.25, 0.3) is 0 Å². The smallest absolute Gasteiger partial charge is 0.166 e. The lowest BCUT2D eigenvalue weighted by Gasteiger charge is -2.20. The first-order chi connectivity index (χ1) is 8.27. The summed E-state index contributed by atoms with van der Waals surface area (Å²) in [7, 11) is 0. The molecule has 1 fully saturated rings. The van der Waals surface area contributed by atoms with Crippen molar-refractivity contribution in [1.29, 1.82) is 0 Å². The number of ether oxygens (including phenoxy) is 2. The van der Waals surface area contributed by atoms with Crippen molar-refractivity contribution in [2.24, 2.45) is 5.73 Å². The third kappa shape index (κ3) is 1.78. The molecule has 1 heterocycles. The molecule has 1 aromatic carbocycles. The maximum absolute atomic E-state index is 6.33. The van der Waals surface area contributed by atoms with Gasteiger partial charge < -0.3 is 15.2 Å². The number of hydrogen-bond acceptors (Lipinski definition) is 3. The van der Waals surface area contributed by atoms with Gasteiger partial charge in [0, 0.05) is 29.0 Å². The van der Waals surface area contributed by atoms with Crippen LogP contribution in [0.3, 0.4) is 0 Å². The second-order valence-corrected chi connectivity index (χ2v) is 5.19. The monoisotopic (exact) mass is 253 g/mol. The highest BCUT2D eigenvalue weighted by Gasteiger charge is 2.47.